The molecule has 11 nitrogen and oxygen atoms in total. The predicted octanol–water partition coefficient (Wildman–Crippen LogP) is 2.31. The number of fused-ring (bicyclic) bond motifs is 1. The number of hydrogen-bond donors (Lipinski definition) is 3. The number of carbonyl (C=O) groups is 2. The highest BCUT2D eigenvalue weighted by molar-refractivity contribution is 7.89. The van der Waals surface area contributed by atoms with Gasteiger partial charge in [0.2, 0.25) is 10.0 Å². The molecule has 0 unspecified atom stereocenters. The summed E-state index contributed by atoms with van der Waals surface area (Å²) >= 11 is 0. The lowest BCUT2D eigenvalue weighted by Crippen LogP contribution is -2.51. The van der Waals surface area contributed by atoms with Crippen molar-refractivity contribution in [2.75, 3.05) is 26.3 Å². The largest absolute Gasteiger partial charge is 0.508 e. The van der Waals surface area contributed by atoms with Crippen molar-refractivity contribution in [2.45, 2.75) is 56.1 Å². The van der Waals surface area contributed by atoms with Gasteiger partial charge in [-0.25, -0.2) is 13.2 Å². The third-order valence-electron chi connectivity index (χ3n) is 7.02. The highest BCUT2D eigenvalue weighted by Gasteiger charge is 2.44. The van der Waals surface area contributed by atoms with E-state index in [0.717, 1.165) is 0 Å². The fourth-order valence-corrected chi connectivity index (χ4v) is 6.54. The zero-order valence-electron chi connectivity index (χ0n) is 22.5. The molecule has 3 N–H and O–H groups in total. The average Bonchev–Trinajstić information content (AvgIpc) is 3.54. The molecular weight excluding hydrogens is 540 g/mol. The molecule has 0 aromatic heterocycles. The number of aliphatic hydroxyl groups excluding tert-OH is 1. The molecule has 0 aliphatic carbocycles. The summed E-state index contributed by atoms with van der Waals surface area (Å²) < 4.78 is 44.9. The van der Waals surface area contributed by atoms with Crippen LogP contribution in [-0.2, 0) is 30.7 Å². The Kier molecular flexibility index (Phi) is 9.80. The SMILES string of the molecule is CC(C)CN(C[C@@H](O)[C@H](Cc1ccc(O)cc1)NC(=O)O[C@H]1CO[C@H]2OCC[C@H]21)S(=O)(=O)c1ccc(C=O)cc1. The van der Waals surface area contributed by atoms with Crippen LogP contribution in [0.2, 0.25) is 0 Å². The smallest absolute Gasteiger partial charge is 0.407 e. The van der Waals surface area contributed by atoms with Gasteiger partial charge in [0.1, 0.15) is 18.1 Å². The molecule has 2 heterocycles. The van der Waals surface area contributed by atoms with Crippen molar-refractivity contribution >= 4 is 22.4 Å². The van der Waals surface area contributed by atoms with Gasteiger partial charge in [-0.3, -0.25) is 4.79 Å². The quantitative estimate of drug-likeness (QED) is 0.323. The number of aldehydes is 1. The van der Waals surface area contributed by atoms with Crippen LogP contribution in [0.3, 0.4) is 0 Å². The van der Waals surface area contributed by atoms with Gasteiger partial charge in [-0.2, -0.15) is 4.31 Å². The minimum Gasteiger partial charge on any atom is -0.508 e. The molecule has 2 aliphatic heterocycles. The standard InChI is InChI=1S/C28H36N2O9S/c1-18(2)14-30(40(35,36)22-9-5-20(16-31)6-10-22)15-25(33)24(13-19-3-7-21(32)8-4-19)29-28(34)39-26-17-38-27-23(26)11-12-37-27/h3-10,16,18,23-27,32-33H,11-15,17H2,1-2H3,(H,29,34)/t23-,24-,25+,26-,27+/m0/s1. The topological polar surface area (TPSA) is 152 Å². The molecule has 0 spiro atoms. The van der Waals surface area contributed by atoms with Gasteiger partial charge in [0.15, 0.2) is 6.29 Å². The van der Waals surface area contributed by atoms with E-state index in [9.17, 15) is 28.2 Å². The van der Waals surface area contributed by atoms with E-state index in [0.29, 0.717) is 30.4 Å². The summed E-state index contributed by atoms with van der Waals surface area (Å²) in [4.78, 5) is 24.0. The van der Waals surface area contributed by atoms with E-state index in [1.165, 1.54) is 40.7 Å². The number of phenols is 1. The van der Waals surface area contributed by atoms with Crippen LogP contribution < -0.4 is 5.32 Å². The molecule has 2 fully saturated rings. The van der Waals surface area contributed by atoms with Crippen LogP contribution in [0.15, 0.2) is 53.4 Å². The number of amides is 1. The van der Waals surface area contributed by atoms with E-state index in [2.05, 4.69) is 5.32 Å². The molecule has 0 bridgehead atoms. The number of alkyl carbamates (subject to hydrolysis) is 1. The van der Waals surface area contributed by atoms with E-state index in [-0.39, 0.29) is 48.6 Å². The maximum atomic E-state index is 13.5. The Labute approximate surface area is 234 Å². The van der Waals surface area contributed by atoms with Crippen molar-refractivity contribution in [2.24, 2.45) is 11.8 Å². The van der Waals surface area contributed by atoms with Crippen LogP contribution in [0.1, 0.15) is 36.2 Å². The molecule has 2 aromatic carbocycles. The van der Waals surface area contributed by atoms with Crippen molar-refractivity contribution in [3.63, 3.8) is 0 Å². The van der Waals surface area contributed by atoms with Gasteiger partial charge in [-0.1, -0.05) is 38.1 Å². The molecule has 0 saturated carbocycles. The maximum absolute atomic E-state index is 13.5. The fourth-order valence-electron chi connectivity index (χ4n) is 4.92. The second-order valence-electron chi connectivity index (χ2n) is 10.6. The van der Waals surface area contributed by atoms with Gasteiger partial charge >= 0.3 is 6.09 Å². The number of aliphatic hydroxyl groups is 1. The Morgan fingerprint density at radius 1 is 1.12 bits per heavy atom. The summed E-state index contributed by atoms with van der Waals surface area (Å²) in [6.07, 6.45) is -1.48. The molecule has 218 valence electrons. The Balaban J connectivity index is 1.52. The van der Waals surface area contributed by atoms with Gasteiger partial charge < -0.3 is 29.7 Å². The first-order chi connectivity index (χ1) is 19.1. The van der Waals surface area contributed by atoms with E-state index in [1.54, 1.807) is 12.1 Å². The highest BCUT2D eigenvalue weighted by atomic mass is 32.2. The highest BCUT2D eigenvalue weighted by Crippen LogP contribution is 2.33. The van der Waals surface area contributed by atoms with Crippen molar-refractivity contribution in [1.29, 1.82) is 0 Å². The molecule has 2 aromatic rings. The molecule has 0 radical (unpaired) electrons. The fraction of sp³-hybridized carbons (Fsp3) is 0.500. The molecule has 4 rings (SSSR count). The molecular formula is C28H36N2O9S. The van der Waals surface area contributed by atoms with Crippen LogP contribution in [0.5, 0.6) is 5.75 Å². The van der Waals surface area contributed by atoms with Gasteiger partial charge in [0.05, 0.1) is 36.2 Å². The summed E-state index contributed by atoms with van der Waals surface area (Å²) in [5.41, 5.74) is 1.05. The number of rotatable bonds is 12. The molecule has 1 amide bonds. The van der Waals surface area contributed by atoms with Crippen LogP contribution in [-0.4, -0.2) is 86.2 Å². The second-order valence-corrected chi connectivity index (χ2v) is 12.5. The summed E-state index contributed by atoms with van der Waals surface area (Å²) in [6, 6.07) is 10.9. The van der Waals surface area contributed by atoms with Crippen molar-refractivity contribution in [1.82, 2.24) is 9.62 Å². The van der Waals surface area contributed by atoms with E-state index >= 15 is 0 Å². The number of aromatic hydroxyl groups is 1. The van der Waals surface area contributed by atoms with Crippen molar-refractivity contribution < 1.29 is 42.4 Å². The zero-order valence-corrected chi connectivity index (χ0v) is 23.3. The average molecular weight is 577 g/mol. The van der Waals surface area contributed by atoms with Gasteiger partial charge in [0, 0.05) is 18.7 Å². The Morgan fingerprint density at radius 3 is 2.48 bits per heavy atom. The predicted molar refractivity (Wildman–Crippen MR) is 144 cm³/mol. The summed E-state index contributed by atoms with van der Waals surface area (Å²) in [5, 5.41) is 23.7. The first-order valence-electron chi connectivity index (χ1n) is 13.3. The zero-order chi connectivity index (χ0) is 28.9. The summed E-state index contributed by atoms with van der Waals surface area (Å²) in [5.74, 6) is -0.0604. The Morgan fingerprint density at radius 2 is 1.82 bits per heavy atom. The first kappa shape index (κ1) is 29.9. The lowest BCUT2D eigenvalue weighted by molar-refractivity contribution is -0.0907. The number of nitrogens with one attached hydrogen (secondary N) is 1. The third-order valence-corrected chi connectivity index (χ3v) is 8.86. The van der Waals surface area contributed by atoms with Crippen LogP contribution in [0, 0.1) is 11.8 Å². The van der Waals surface area contributed by atoms with Crippen LogP contribution >= 0.6 is 0 Å². The summed E-state index contributed by atoms with van der Waals surface area (Å²) in [6.45, 7) is 4.27. The monoisotopic (exact) mass is 576 g/mol. The van der Waals surface area contributed by atoms with E-state index in [4.69, 9.17) is 14.2 Å². The third kappa shape index (κ3) is 7.38. The molecule has 40 heavy (non-hydrogen) atoms. The number of benzene rings is 2. The summed E-state index contributed by atoms with van der Waals surface area (Å²) in [7, 11) is -4.04. The lowest BCUT2D eigenvalue weighted by atomic mass is 10.0. The van der Waals surface area contributed by atoms with Crippen molar-refractivity contribution in [3.8, 4) is 5.75 Å². The lowest BCUT2D eigenvalue weighted by Gasteiger charge is -2.31. The number of sulfonamides is 1. The Hall–Kier alpha value is -3.03. The second kappa shape index (κ2) is 13.1. The van der Waals surface area contributed by atoms with Crippen molar-refractivity contribution in [3.05, 3.63) is 59.7 Å². The maximum Gasteiger partial charge on any atom is 0.407 e. The minimum atomic E-state index is -4.04. The first-order valence-corrected chi connectivity index (χ1v) is 14.7. The van der Waals surface area contributed by atoms with Crippen LogP contribution in [0.25, 0.3) is 0 Å². The normalized spacial score (nSPS) is 22.2. The molecule has 2 saturated heterocycles. The number of nitrogens with zero attached hydrogens (tertiary/aromatic N) is 1. The number of ether oxygens (including phenoxy) is 3. The Bertz CT molecular complexity index is 1250. The van der Waals surface area contributed by atoms with Crippen LogP contribution in [0.4, 0.5) is 4.79 Å². The minimum absolute atomic E-state index is 0.0111. The van der Waals surface area contributed by atoms with Gasteiger partial charge in [0.25, 0.3) is 0 Å². The van der Waals surface area contributed by atoms with E-state index < -0.39 is 40.7 Å². The molecule has 12 heteroatoms. The van der Waals surface area contributed by atoms with E-state index in [1.807, 2.05) is 13.8 Å². The van der Waals surface area contributed by atoms with Gasteiger partial charge in [-0.15, -0.1) is 0 Å². The number of carbonyl (C=O) groups excluding carboxylic acids is 2. The molecule has 5 atom stereocenters. The number of hydrogen-bond acceptors (Lipinski definition) is 9. The molecule has 2 aliphatic rings. The number of phenolic OH excluding ortho intramolecular Hbond substituents is 1. The van der Waals surface area contributed by atoms with Gasteiger partial charge in [-0.05, 0) is 48.6 Å².